The highest BCUT2D eigenvalue weighted by molar-refractivity contribution is 5.69. The maximum absolute atomic E-state index is 10.9. The van der Waals surface area contributed by atoms with Gasteiger partial charge in [0.05, 0.1) is 6.42 Å². The van der Waals surface area contributed by atoms with Crippen LogP contribution in [0.25, 0.3) is 0 Å². The number of nitrogens with two attached hydrogens (primary N) is 1. The fraction of sp³-hybridized carbons (Fsp3) is 0.875. The molecule has 0 radical (unpaired) electrons. The Balaban J connectivity index is 3.55. The molecule has 0 atom stereocenters. The third-order valence-corrected chi connectivity index (χ3v) is 1.88. The summed E-state index contributed by atoms with van der Waals surface area (Å²) < 4.78 is 0. The predicted octanol–water partition coefficient (Wildman–Crippen LogP) is -0.998. The molecule has 0 unspecified atom stereocenters. The molecule has 0 amide bonds. The van der Waals surface area contributed by atoms with Gasteiger partial charge in [0.25, 0.3) is 0 Å². The second-order valence-corrected chi connectivity index (χ2v) is 2.85. The second-order valence-electron chi connectivity index (χ2n) is 2.85. The van der Waals surface area contributed by atoms with Gasteiger partial charge in [0.15, 0.2) is 0 Å². The molecule has 0 heterocycles. The van der Waals surface area contributed by atoms with Crippen molar-refractivity contribution in [2.45, 2.75) is 19.8 Å². The summed E-state index contributed by atoms with van der Waals surface area (Å²) in [6, 6.07) is 0. The fourth-order valence-electron chi connectivity index (χ4n) is 1.09. The maximum Gasteiger partial charge on any atom is 0.327 e. The average molecular weight is 205 g/mol. The Morgan fingerprint density at radius 1 is 1.57 bits per heavy atom. The highest BCUT2D eigenvalue weighted by Crippen LogP contribution is 1.94. The molecule has 0 aromatic rings. The van der Waals surface area contributed by atoms with E-state index in [0.717, 1.165) is 19.5 Å². The first-order valence-corrected chi connectivity index (χ1v) is 4.73. The monoisotopic (exact) mass is 205 g/mol. The van der Waals surface area contributed by atoms with Gasteiger partial charge in [-0.25, -0.2) is 5.84 Å². The number of aliphatic hydroxyl groups excluding tert-OH is 1. The molecule has 0 aromatic carbocycles. The van der Waals surface area contributed by atoms with Crippen LogP contribution in [0.1, 0.15) is 19.8 Å². The molecule has 0 saturated heterocycles. The summed E-state index contributed by atoms with van der Waals surface area (Å²) in [5.74, 6) is 4.43. The third kappa shape index (κ3) is 6.79. The molecular weight excluding hydrogens is 186 g/mol. The number of rotatable bonds is 8. The predicted molar refractivity (Wildman–Crippen MR) is 51.8 cm³/mol. The number of carbonyl (C=O) groups is 1. The van der Waals surface area contributed by atoms with Crippen molar-refractivity contribution >= 4 is 5.97 Å². The highest BCUT2D eigenvalue weighted by atomic mass is 16.7. The van der Waals surface area contributed by atoms with E-state index in [1.54, 1.807) is 0 Å². The minimum Gasteiger partial charge on any atom is -0.396 e. The summed E-state index contributed by atoms with van der Waals surface area (Å²) in [6.07, 6.45) is 1.02. The minimum atomic E-state index is -0.380. The molecule has 14 heavy (non-hydrogen) atoms. The van der Waals surface area contributed by atoms with E-state index in [0.29, 0.717) is 13.0 Å². The first kappa shape index (κ1) is 13.3. The van der Waals surface area contributed by atoms with E-state index in [9.17, 15) is 4.79 Å². The van der Waals surface area contributed by atoms with E-state index in [4.69, 9.17) is 10.9 Å². The van der Waals surface area contributed by atoms with Gasteiger partial charge in [0.1, 0.15) is 0 Å². The van der Waals surface area contributed by atoms with Crippen molar-refractivity contribution in [2.24, 2.45) is 5.84 Å². The van der Waals surface area contributed by atoms with Crippen LogP contribution in [0, 0.1) is 0 Å². The van der Waals surface area contributed by atoms with Gasteiger partial charge < -0.3 is 14.8 Å². The SMILES string of the molecule is CCN(CCCO)CCC(=O)ONN. The van der Waals surface area contributed by atoms with Crippen molar-refractivity contribution < 1.29 is 14.7 Å². The van der Waals surface area contributed by atoms with Gasteiger partial charge in [-0.2, -0.15) is 0 Å². The molecule has 0 aromatic heterocycles. The summed E-state index contributed by atoms with van der Waals surface area (Å²) in [5.41, 5.74) is 1.84. The first-order chi connectivity index (χ1) is 6.74. The van der Waals surface area contributed by atoms with Crippen molar-refractivity contribution in [3.05, 3.63) is 0 Å². The Morgan fingerprint density at radius 3 is 2.79 bits per heavy atom. The fourth-order valence-corrected chi connectivity index (χ4v) is 1.09. The molecule has 6 nitrogen and oxygen atoms in total. The second kappa shape index (κ2) is 8.89. The van der Waals surface area contributed by atoms with E-state index in [1.807, 2.05) is 12.5 Å². The Kier molecular flexibility index (Phi) is 8.45. The highest BCUT2D eigenvalue weighted by Gasteiger charge is 2.06. The van der Waals surface area contributed by atoms with Crippen LogP contribution in [0.15, 0.2) is 0 Å². The zero-order chi connectivity index (χ0) is 10.8. The van der Waals surface area contributed by atoms with E-state index in [1.165, 1.54) is 0 Å². The van der Waals surface area contributed by atoms with Gasteiger partial charge in [-0.1, -0.05) is 12.5 Å². The minimum absolute atomic E-state index is 0.172. The summed E-state index contributed by atoms with van der Waals surface area (Å²) in [7, 11) is 0. The molecule has 0 fully saturated rings. The van der Waals surface area contributed by atoms with Crippen LogP contribution in [-0.2, 0) is 9.63 Å². The lowest BCUT2D eigenvalue weighted by Gasteiger charge is -2.18. The van der Waals surface area contributed by atoms with Gasteiger partial charge in [-0.15, -0.1) is 0 Å². The molecule has 4 N–H and O–H groups in total. The van der Waals surface area contributed by atoms with Crippen molar-refractivity contribution in [3.8, 4) is 0 Å². The van der Waals surface area contributed by atoms with E-state index >= 15 is 0 Å². The number of nitrogens with one attached hydrogen (secondary N) is 1. The van der Waals surface area contributed by atoms with Gasteiger partial charge in [-0.05, 0) is 13.0 Å². The smallest absolute Gasteiger partial charge is 0.327 e. The van der Waals surface area contributed by atoms with Crippen molar-refractivity contribution in [3.63, 3.8) is 0 Å². The Labute approximate surface area is 83.9 Å². The normalized spacial score (nSPS) is 10.6. The van der Waals surface area contributed by atoms with Crippen LogP contribution in [0.4, 0.5) is 0 Å². The van der Waals surface area contributed by atoms with Gasteiger partial charge >= 0.3 is 5.97 Å². The Bertz CT molecular complexity index is 155. The molecule has 0 bridgehead atoms. The van der Waals surface area contributed by atoms with Crippen LogP contribution < -0.4 is 11.4 Å². The Hall–Kier alpha value is -0.690. The molecule has 0 rings (SSSR count). The van der Waals surface area contributed by atoms with Crippen LogP contribution in [0.2, 0.25) is 0 Å². The van der Waals surface area contributed by atoms with Crippen LogP contribution in [0.3, 0.4) is 0 Å². The maximum atomic E-state index is 10.9. The summed E-state index contributed by atoms with van der Waals surface area (Å²) >= 11 is 0. The number of aliphatic hydroxyl groups is 1. The topological polar surface area (TPSA) is 87.8 Å². The van der Waals surface area contributed by atoms with Crippen LogP contribution in [-0.4, -0.2) is 42.2 Å². The summed E-state index contributed by atoms with van der Waals surface area (Å²) in [6.45, 7) is 4.44. The van der Waals surface area contributed by atoms with E-state index in [-0.39, 0.29) is 12.6 Å². The lowest BCUT2D eigenvalue weighted by atomic mass is 10.3. The summed E-state index contributed by atoms with van der Waals surface area (Å²) in [4.78, 5) is 17.3. The van der Waals surface area contributed by atoms with E-state index < -0.39 is 0 Å². The molecule has 0 saturated carbocycles. The van der Waals surface area contributed by atoms with Crippen molar-refractivity contribution in [2.75, 3.05) is 26.2 Å². The number of carbonyl (C=O) groups excluding carboxylic acids is 1. The van der Waals surface area contributed by atoms with E-state index in [2.05, 4.69) is 9.74 Å². The summed E-state index contributed by atoms with van der Waals surface area (Å²) in [5, 5.41) is 8.63. The largest absolute Gasteiger partial charge is 0.396 e. The zero-order valence-corrected chi connectivity index (χ0v) is 8.53. The molecule has 0 spiro atoms. The lowest BCUT2D eigenvalue weighted by Crippen LogP contribution is -2.31. The van der Waals surface area contributed by atoms with Gasteiger partial charge in [0, 0.05) is 19.7 Å². The lowest BCUT2D eigenvalue weighted by molar-refractivity contribution is -0.151. The average Bonchev–Trinajstić information content (AvgIpc) is 2.19. The number of hydrazine groups is 1. The molecule has 6 heteroatoms. The first-order valence-electron chi connectivity index (χ1n) is 4.73. The number of hydrogen-bond acceptors (Lipinski definition) is 6. The molecule has 0 aliphatic heterocycles. The molecular formula is C8H19N3O3. The number of nitrogens with zero attached hydrogens (tertiary/aromatic N) is 1. The quantitative estimate of drug-likeness (QED) is 0.348. The van der Waals surface area contributed by atoms with Crippen LogP contribution >= 0.6 is 0 Å². The molecule has 84 valence electrons. The van der Waals surface area contributed by atoms with Gasteiger partial charge in [0.2, 0.25) is 0 Å². The molecule has 0 aliphatic rings. The van der Waals surface area contributed by atoms with Crippen LogP contribution in [0.5, 0.6) is 0 Å². The van der Waals surface area contributed by atoms with Crippen molar-refractivity contribution in [1.29, 1.82) is 0 Å². The van der Waals surface area contributed by atoms with Crippen molar-refractivity contribution in [1.82, 2.24) is 10.5 Å². The Morgan fingerprint density at radius 2 is 2.29 bits per heavy atom. The van der Waals surface area contributed by atoms with Gasteiger partial charge in [-0.3, -0.25) is 4.79 Å². The molecule has 0 aliphatic carbocycles. The standard InChI is InChI=1S/C8H19N3O3/c1-2-11(5-3-7-12)6-4-8(13)14-10-9/h10,12H,2-7,9H2,1H3. The third-order valence-electron chi connectivity index (χ3n) is 1.88. The zero-order valence-electron chi connectivity index (χ0n) is 8.53. The number of hydrogen-bond donors (Lipinski definition) is 3.